The van der Waals surface area contributed by atoms with Crippen molar-refractivity contribution in [3.05, 3.63) is 64.2 Å². The molecule has 3 N–H and O–H groups in total. The van der Waals surface area contributed by atoms with Crippen molar-refractivity contribution in [1.29, 1.82) is 0 Å². The number of halogens is 1. The molecule has 0 radical (unpaired) electrons. The van der Waals surface area contributed by atoms with Gasteiger partial charge in [0.05, 0.1) is 13.2 Å². The average molecular weight is 347 g/mol. The molecule has 0 saturated heterocycles. The van der Waals surface area contributed by atoms with E-state index in [2.05, 4.69) is 5.32 Å². The number of nitrogens with two attached hydrogens (primary N) is 1. The van der Waals surface area contributed by atoms with Crippen molar-refractivity contribution >= 4 is 17.5 Å². The van der Waals surface area contributed by atoms with Gasteiger partial charge >= 0.3 is 0 Å². The average Bonchev–Trinajstić information content (AvgIpc) is 2.53. The molecule has 2 atom stereocenters. The van der Waals surface area contributed by atoms with Crippen LogP contribution in [-0.4, -0.2) is 19.1 Å². The predicted octanol–water partition coefficient (Wildman–Crippen LogP) is 3.60. The molecular weight excluding hydrogens is 324 g/mol. The summed E-state index contributed by atoms with van der Waals surface area (Å²) in [6.45, 7) is 3.79. The summed E-state index contributed by atoms with van der Waals surface area (Å²) >= 11 is 6.37. The normalized spacial score (nSPS) is 13.2. The fourth-order valence-electron chi connectivity index (χ4n) is 2.64. The van der Waals surface area contributed by atoms with E-state index in [0.717, 1.165) is 22.4 Å². The quantitative estimate of drug-likeness (QED) is 0.840. The minimum absolute atomic E-state index is 0.106. The SMILES string of the molecule is COc1ccc(C(NC(=O)CC(C)N)c2ccccc2Cl)c(C)c1. The third-order valence-electron chi connectivity index (χ3n) is 3.82. The van der Waals surface area contributed by atoms with Crippen molar-refractivity contribution in [2.24, 2.45) is 5.73 Å². The van der Waals surface area contributed by atoms with E-state index in [4.69, 9.17) is 22.1 Å². The molecule has 5 heteroatoms. The molecule has 0 aliphatic heterocycles. The van der Waals surface area contributed by atoms with Gasteiger partial charge in [0.25, 0.3) is 0 Å². The first-order chi connectivity index (χ1) is 11.4. The van der Waals surface area contributed by atoms with Gasteiger partial charge in [0, 0.05) is 17.5 Å². The molecule has 2 unspecified atom stereocenters. The highest BCUT2D eigenvalue weighted by molar-refractivity contribution is 6.31. The number of amides is 1. The fourth-order valence-corrected chi connectivity index (χ4v) is 2.89. The molecule has 1 amide bonds. The van der Waals surface area contributed by atoms with E-state index in [1.807, 2.05) is 56.3 Å². The second-order valence-electron chi connectivity index (χ2n) is 5.93. The van der Waals surface area contributed by atoms with E-state index in [1.165, 1.54) is 0 Å². The van der Waals surface area contributed by atoms with Gasteiger partial charge in [0.15, 0.2) is 0 Å². The summed E-state index contributed by atoms with van der Waals surface area (Å²) in [5, 5.41) is 3.67. The number of nitrogens with one attached hydrogen (secondary N) is 1. The zero-order valence-corrected chi connectivity index (χ0v) is 14.9. The number of rotatable bonds is 6. The number of carbonyl (C=O) groups is 1. The number of ether oxygens (including phenoxy) is 1. The number of carbonyl (C=O) groups excluding carboxylic acids is 1. The molecule has 2 aromatic rings. The molecule has 0 bridgehead atoms. The molecule has 2 aromatic carbocycles. The predicted molar refractivity (Wildman–Crippen MR) is 97.4 cm³/mol. The van der Waals surface area contributed by atoms with Crippen molar-refractivity contribution in [2.75, 3.05) is 7.11 Å². The maximum atomic E-state index is 12.3. The van der Waals surface area contributed by atoms with Crippen molar-refractivity contribution in [3.63, 3.8) is 0 Å². The van der Waals surface area contributed by atoms with Crippen LogP contribution in [0, 0.1) is 6.92 Å². The molecule has 0 spiro atoms. The molecule has 24 heavy (non-hydrogen) atoms. The molecular formula is C19H23ClN2O2. The molecule has 0 saturated carbocycles. The largest absolute Gasteiger partial charge is 0.497 e. The lowest BCUT2D eigenvalue weighted by Crippen LogP contribution is -2.33. The lowest BCUT2D eigenvalue weighted by atomic mass is 9.94. The Bertz CT molecular complexity index is 716. The Morgan fingerprint density at radius 2 is 1.96 bits per heavy atom. The van der Waals surface area contributed by atoms with Crippen LogP contribution in [0.15, 0.2) is 42.5 Å². The highest BCUT2D eigenvalue weighted by atomic mass is 35.5. The Morgan fingerprint density at radius 1 is 1.25 bits per heavy atom. The smallest absolute Gasteiger partial charge is 0.222 e. The summed E-state index contributed by atoms with van der Waals surface area (Å²) in [7, 11) is 1.63. The summed E-state index contributed by atoms with van der Waals surface area (Å²) in [5.41, 5.74) is 8.58. The number of hydrogen-bond acceptors (Lipinski definition) is 3. The van der Waals surface area contributed by atoms with Gasteiger partial charge in [-0.2, -0.15) is 0 Å². The maximum absolute atomic E-state index is 12.3. The summed E-state index contributed by atoms with van der Waals surface area (Å²) in [5.74, 6) is 0.668. The second-order valence-corrected chi connectivity index (χ2v) is 6.33. The highest BCUT2D eigenvalue weighted by Gasteiger charge is 2.21. The minimum atomic E-state index is -0.337. The molecule has 0 aromatic heterocycles. The lowest BCUT2D eigenvalue weighted by molar-refractivity contribution is -0.121. The van der Waals surface area contributed by atoms with Crippen LogP contribution < -0.4 is 15.8 Å². The van der Waals surface area contributed by atoms with Crippen molar-refractivity contribution in [3.8, 4) is 5.75 Å². The highest BCUT2D eigenvalue weighted by Crippen LogP contribution is 2.31. The maximum Gasteiger partial charge on any atom is 0.222 e. The Hall–Kier alpha value is -2.04. The molecule has 2 rings (SSSR count). The summed E-state index contributed by atoms with van der Waals surface area (Å²) in [6.07, 6.45) is 0.260. The van der Waals surface area contributed by atoms with Crippen molar-refractivity contribution < 1.29 is 9.53 Å². The van der Waals surface area contributed by atoms with Gasteiger partial charge in [-0.1, -0.05) is 35.9 Å². The minimum Gasteiger partial charge on any atom is -0.497 e. The summed E-state index contributed by atoms with van der Waals surface area (Å²) < 4.78 is 5.26. The number of hydrogen-bond donors (Lipinski definition) is 2. The van der Waals surface area contributed by atoms with Gasteiger partial charge in [0.2, 0.25) is 5.91 Å². The number of aryl methyl sites for hydroxylation is 1. The molecule has 128 valence electrons. The van der Waals surface area contributed by atoms with E-state index in [0.29, 0.717) is 5.02 Å². The van der Waals surface area contributed by atoms with E-state index >= 15 is 0 Å². The van der Waals surface area contributed by atoms with Gasteiger partial charge in [-0.25, -0.2) is 0 Å². The van der Waals surface area contributed by atoms with Crippen molar-refractivity contribution in [2.45, 2.75) is 32.4 Å². The Kier molecular flexibility index (Phi) is 6.23. The van der Waals surface area contributed by atoms with Crippen LogP contribution in [0.4, 0.5) is 0 Å². The Labute approximate surface area is 148 Å². The Morgan fingerprint density at radius 3 is 2.54 bits per heavy atom. The molecule has 0 aliphatic rings. The number of benzene rings is 2. The van der Waals surface area contributed by atoms with Gasteiger partial charge < -0.3 is 15.8 Å². The molecule has 0 fully saturated rings. The first-order valence-corrected chi connectivity index (χ1v) is 8.24. The van der Waals surface area contributed by atoms with Crippen molar-refractivity contribution in [1.82, 2.24) is 5.32 Å². The van der Waals surface area contributed by atoms with E-state index in [9.17, 15) is 4.79 Å². The topological polar surface area (TPSA) is 64.3 Å². The van der Waals surface area contributed by atoms with Crippen LogP contribution in [0.1, 0.15) is 36.1 Å². The van der Waals surface area contributed by atoms with E-state index < -0.39 is 0 Å². The monoisotopic (exact) mass is 346 g/mol. The fraction of sp³-hybridized carbons (Fsp3) is 0.316. The Balaban J connectivity index is 2.43. The summed E-state index contributed by atoms with van der Waals surface area (Å²) in [6, 6.07) is 12.8. The third-order valence-corrected chi connectivity index (χ3v) is 4.16. The third kappa shape index (κ3) is 4.49. The van der Waals surface area contributed by atoms with Crippen LogP contribution in [0.3, 0.4) is 0 Å². The number of methoxy groups -OCH3 is 1. The van der Waals surface area contributed by atoms with Gasteiger partial charge in [-0.3, -0.25) is 4.79 Å². The van der Waals surface area contributed by atoms with Crippen LogP contribution >= 0.6 is 11.6 Å². The first kappa shape index (κ1) is 18.3. The van der Waals surface area contributed by atoms with Gasteiger partial charge in [-0.15, -0.1) is 0 Å². The van der Waals surface area contributed by atoms with Crippen LogP contribution in [0.5, 0.6) is 5.75 Å². The summed E-state index contributed by atoms with van der Waals surface area (Å²) in [4.78, 5) is 12.3. The first-order valence-electron chi connectivity index (χ1n) is 7.86. The van der Waals surface area contributed by atoms with Gasteiger partial charge in [0.1, 0.15) is 5.75 Å². The molecule has 4 nitrogen and oxygen atoms in total. The lowest BCUT2D eigenvalue weighted by Gasteiger charge is -2.23. The van der Waals surface area contributed by atoms with Crippen LogP contribution in [0.2, 0.25) is 5.02 Å². The molecule has 0 aliphatic carbocycles. The van der Waals surface area contributed by atoms with E-state index in [-0.39, 0.29) is 24.4 Å². The second kappa shape index (κ2) is 8.18. The van der Waals surface area contributed by atoms with E-state index in [1.54, 1.807) is 7.11 Å². The van der Waals surface area contributed by atoms with Gasteiger partial charge in [-0.05, 0) is 48.7 Å². The standard InChI is InChI=1S/C19H23ClN2O2/c1-12-10-14(24-3)8-9-15(12)19(22-18(23)11-13(2)21)16-6-4-5-7-17(16)20/h4-10,13,19H,11,21H2,1-3H3,(H,22,23). The molecule has 0 heterocycles. The van der Waals surface area contributed by atoms with Crippen LogP contribution in [-0.2, 0) is 4.79 Å². The zero-order valence-electron chi connectivity index (χ0n) is 14.2. The zero-order chi connectivity index (χ0) is 17.7. The van der Waals surface area contributed by atoms with Crippen LogP contribution in [0.25, 0.3) is 0 Å².